The van der Waals surface area contributed by atoms with Crippen LogP contribution >= 0.6 is 39.1 Å². The largest absolute Gasteiger partial charge is 0.330 e. The summed E-state index contributed by atoms with van der Waals surface area (Å²) in [6, 6.07) is 5.30. The first-order valence-corrected chi connectivity index (χ1v) is 6.56. The minimum absolute atomic E-state index is 0.559. The van der Waals surface area contributed by atoms with Crippen LogP contribution in [0.25, 0.3) is 5.69 Å². The number of halogens is 3. The summed E-state index contributed by atoms with van der Waals surface area (Å²) in [7, 11) is 0. The van der Waals surface area contributed by atoms with Gasteiger partial charge in [-0.1, -0.05) is 23.2 Å². The highest BCUT2D eigenvalue weighted by molar-refractivity contribution is 9.10. The lowest BCUT2D eigenvalue weighted by Gasteiger charge is -2.04. The number of hydrogen-bond acceptors (Lipinski definition) is 2. The molecule has 0 unspecified atom stereocenters. The maximum atomic E-state index is 6.12. The summed E-state index contributed by atoms with van der Waals surface area (Å²) < 4.78 is 2.64. The zero-order valence-electron chi connectivity index (χ0n) is 8.83. The summed E-state index contributed by atoms with van der Waals surface area (Å²) >= 11 is 15.4. The molecule has 1 heterocycles. The predicted molar refractivity (Wildman–Crippen MR) is 74.0 cm³/mol. The zero-order valence-corrected chi connectivity index (χ0v) is 11.9. The maximum absolute atomic E-state index is 6.12. The predicted octanol–water partition coefficient (Wildman–Crippen LogP) is 3.44. The molecule has 2 N–H and O–H groups in total. The van der Waals surface area contributed by atoms with E-state index in [1.807, 2.05) is 12.3 Å². The first kappa shape index (κ1) is 12.9. The van der Waals surface area contributed by atoms with Gasteiger partial charge in [0.2, 0.25) is 0 Å². The normalized spacial score (nSPS) is 10.8. The second kappa shape index (κ2) is 5.40. The number of benzene rings is 1. The van der Waals surface area contributed by atoms with Gasteiger partial charge in [-0.3, -0.25) is 0 Å². The Morgan fingerprint density at radius 2 is 2.12 bits per heavy atom. The van der Waals surface area contributed by atoms with Crippen LogP contribution in [0.15, 0.2) is 28.9 Å². The summed E-state index contributed by atoms with van der Waals surface area (Å²) in [5.74, 6) is 0. The van der Waals surface area contributed by atoms with E-state index in [4.69, 9.17) is 28.9 Å². The van der Waals surface area contributed by atoms with Crippen LogP contribution in [0.4, 0.5) is 0 Å². The lowest BCUT2D eigenvalue weighted by atomic mass is 10.3. The van der Waals surface area contributed by atoms with Crippen LogP contribution in [0.1, 0.15) is 5.69 Å². The summed E-state index contributed by atoms with van der Waals surface area (Å²) in [5, 5.41) is 5.59. The molecule has 0 saturated heterocycles. The molecular formula is C11H10BrCl2N3. The van der Waals surface area contributed by atoms with Gasteiger partial charge in [0.15, 0.2) is 0 Å². The lowest BCUT2D eigenvalue weighted by molar-refractivity contribution is 0.821. The van der Waals surface area contributed by atoms with E-state index >= 15 is 0 Å². The van der Waals surface area contributed by atoms with Crippen molar-refractivity contribution in [2.24, 2.45) is 5.73 Å². The van der Waals surface area contributed by atoms with Crippen LogP contribution < -0.4 is 5.73 Å². The second-order valence-electron chi connectivity index (χ2n) is 3.50. The molecule has 0 aliphatic rings. The van der Waals surface area contributed by atoms with Gasteiger partial charge in [0, 0.05) is 17.6 Å². The van der Waals surface area contributed by atoms with Crippen LogP contribution in [0.3, 0.4) is 0 Å². The van der Waals surface area contributed by atoms with Crippen molar-refractivity contribution in [3.8, 4) is 5.69 Å². The third-order valence-electron chi connectivity index (χ3n) is 2.28. The van der Waals surface area contributed by atoms with E-state index in [1.165, 1.54) is 0 Å². The Balaban J connectivity index is 2.42. The topological polar surface area (TPSA) is 43.8 Å². The lowest BCUT2D eigenvalue weighted by Crippen LogP contribution is -2.04. The first-order chi connectivity index (χ1) is 8.11. The molecule has 17 heavy (non-hydrogen) atoms. The maximum Gasteiger partial charge on any atom is 0.0833 e. The van der Waals surface area contributed by atoms with Crippen molar-refractivity contribution < 1.29 is 0 Å². The van der Waals surface area contributed by atoms with Crippen molar-refractivity contribution in [3.63, 3.8) is 0 Å². The molecule has 0 saturated carbocycles. The van der Waals surface area contributed by atoms with Crippen LogP contribution in [0, 0.1) is 0 Å². The molecule has 0 amide bonds. The van der Waals surface area contributed by atoms with Crippen molar-refractivity contribution in [2.45, 2.75) is 6.42 Å². The smallest absolute Gasteiger partial charge is 0.0833 e. The average Bonchev–Trinajstić information content (AvgIpc) is 2.60. The van der Waals surface area contributed by atoms with Crippen LogP contribution in [0.5, 0.6) is 0 Å². The number of rotatable bonds is 3. The Hall–Kier alpha value is -0.550. The van der Waals surface area contributed by atoms with Crippen molar-refractivity contribution in [3.05, 3.63) is 44.6 Å². The van der Waals surface area contributed by atoms with E-state index < -0.39 is 0 Å². The molecule has 0 spiro atoms. The van der Waals surface area contributed by atoms with E-state index in [9.17, 15) is 0 Å². The van der Waals surface area contributed by atoms with Crippen LogP contribution in [-0.4, -0.2) is 16.3 Å². The fraction of sp³-hybridized carbons (Fsp3) is 0.182. The van der Waals surface area contributed by atoms with Gasteiger partial charge in [-0.15, -0.1) is 0 Å². The Kier molecular flexibility index (Phi) is 4.09. The average molecular weight is 335 g/mol. The quantitative estimate of drug-likeness (QED) is 0.934. The molecule has 0 aliphatic heterocycles. The molecule has 0 bridgehead atoms. The van der Waals surface area contributed by atoms with Crippen molar-refractivity contribution in [1.82, 2.24) is 9.78 Å². The van der Waals surface area contributed by atoms with E-state index in [1.54, 1.807) is 16.8 Å². The van der Waals surface area contributed by atoms with Crippen LogP contribution in [-0.2, 0) is 6.42 Å². The molecule has 1 aromatic heterocycles. The van der Waals surface area contributed by atoms with Crippen molar-refractivity contribution in [1.29, 1.82) is 0 Å². The van der Waals surface area contributed by atoms with Gasteiger partial charge < -0.3 is 5.73 Å². The summed E-state index contributed by atoms with van der Waals surface area (Å²) in [6.07, 6.45) is 2.58. The molecule has 2 aromatic rings. The molecule has 0 aliphatic carbocycles. The molecular weight excluding hydrogens is 325 g/mol. The Labute approximate surface area is 118 Å². The van der Waals surface area contributed by atoms with E-state index in [2.05, 4.69) is 21.0 Å². The Morgan fingerprint density at radius 3 is 2.76 bits per heavy atom. The number of hydrogen-bond donors (Lipinski definition) is 1. The summed E-state index contributed by atoms with van der Waals surface area (Å²) in [5.41, 5.74) is 7.22. The van der Waals surface area contributed by atoms with Gasteiger partial charge in [-0.25, -0.2) is 4.68 Å². The SMILES string of the molecule is NCCc1nn(-c2ccc(Cl)cc2Cl)cc1Br. The van der Waals surface area contributed by atoms with Gasteiger partial charge in [0.25, 0.3) is 0 Å². The molecule has 0 atom stereocenters. The van der Waals surface area contributed by atoms with Gasteiger partial charge in [-0.05, 0) is 40.7 Å². The third kappa shape index (κ3) is 2.83. The fourth-order valence-corrected chi connectivity index (χ4v) is 2.45. The second-order valence-corrected chi connectivity index (χ2v) is 5.20. The summed E-state index contributed by atoms with van der Waals surface area (Å²) in [6.45, 7) is 0.559. The first-order valence-electron chi connectivity index (χ1n) is 5.01. The van der Waals surface area contributed by atoms with Crippen molar-refractivity contribution in [2.75, 3.05) is 6.54 Å². The van der Waals surface area contributed by atoms with Gasteiger partial charge in [0.1, 0.15) is 0 Å². The molecule has 3 nitrogen and oxygen atoms in total. The van der Waals surface area contributed by atoms with Crippen molar-refractivity contribution >= 4 is 39.1 Å². The molecule has 2 rings (SSSR count). The number of nitrogens with two attached hydrogens (primary N) is 1. The van der Waals surface area contributed by atoms with E-state index in [0.29, 0.717) is 16.6 Å². The highest BCUT2D eigenvalue weighted by Crippen LogP contribution is 2.26. The zero-order chi connectivity index (χ0) is 12.4. The van der Waals surface area contributed by atoms with Gasteiger partial charge in [0.05, 0.1) is 20.9 Å². The minimum atomic E-state index is 0.559. The van der Waals surface area contributed by atoms with E-state index in [-0.39, 0.29) is 0 Å². The fourth-order valence-electron chi connectivity index (χ4n) is 1.49. The summed E-state index contributed by atoms with van der Waals surface area (Å²) in [4.78, 5) is 0. The van der Waals surface area contributed by atoms with E-state index in [0.717, 1.165) is 22.3 Å². The molecule has 0 fully saturated rings. The van der Waals surface area contributed by atoms with Gasteiger partial charge >= 0.3 is 0 Å². The molecule has 0 radical (unpaired) electrons. The Morgan fingerprint density at radius 1 is 1.35 bits per heavy atom. The monoisotopic (exact) mass is 333 g/mol. The standard InChI is InChI=1S/C11H10BrCl2N3/c12-8-6-17(16-10(8)3-4-15)11-2-1-7(13)5-9(11)14/h1-2,5-6H,3-4,15H2. The van der Waals surface area contributed by atoms with Gasteiger partial charge in [-0.2, -0.15) is 5.10 Å². The molecule has 1 aromatic carbocycles. The van der Waals surface area contributed by atoms with Crippen LogP contribution in [0.2, 0.25) is 10.0 Å². The highest BCUT2D eigenvalue weighted by atomic mass is 79.9. The minimum Gasteiger partial charge on any atom is -0.330 e. The molecule has 90 valence electrons. The number of aromatic nitrogens is 2. The Bertz CT molecular complexity index is 540. The number of nitrogens with zero attached hydrogens (tertiary/aromatic N) is 2. The third-order valence-corrected chi connectivity index (χ3v) is 3.48. The highest BCUT2D eigenvalue weighted by Gasteiger charge is 2.09. The molecule has 6 heteroatoms.